The van der Waals surface area contributed by atoms with E-state index in [-0.39, 0.29) is 62.2 Å². The number of pyridine rings is 1. The molecule has 3 aromatic rings. The van der Waals surface area contributed by atoms with Crippen molar-refractivity contribution in [1.82, 2.24) is 39.4 Å². The highest BCUT2D eigenvalue weighted by molar-refractivity contribution is 7.90. The van der Waals surface area contributed by atoms with E-state index >= 15 is 0 Å². The van der Waals surface area contributed by atoms with Crippen molar-refractivity contribution in [2.24, 2.45) is 4.99 Å². The quantitative estimate of drug-likeness (QED) is 0.0985. The highest BCUT2D eigenvalue weighted by Gasteiger charge is 2.46. The number of aliphatic imine (C=N–C) groups is 1. The number of nitrogens with zero attached hydrogens (tertiary/aromatic N) is 6. The molecule has 0 aliphatic carbocycles. The number of imidazole rings is 1. The van der Waals surface area contributed by atoms with Gasteiger partial charge in [0.15, 0.2) is 23.4 Å². The normalized spacial score (nSPS) is 26.3. The van der Waals surface area contributed by atoms with Crippen LogP contribution in [-0.4, -0.2) is 134 Å². The number of aliphatic hydroxyl groups excluding tert-OH is 2. The Hall–Kier alpha value is -4.74. The molecule has 0 spiro atoms. The van der Waals surface area contributed by atoms with Gasteiger partial charge in [0.25, 0.3) is 11.5 Å². The van der Waals surface area contributed by atoms with E-state index in [1.165, 1.54) is 24.2 Å². The van der Waals surface area contributed by atoms with Crippen molar-refractivity contribution in [1.29, 1.82) is 0 Å². The summed E-state index contributed by atoms with van der Waals surface area (Å²) in [4.78, 5) is 59.2. The maximum Gasteiger partial charge on any atom is 0.323 e. The molecule has 0 aromatic carbocycles. The van der Waals surface area contributed by atoms with E-state index < -0.39 is 68.8 Å². The molecule has 0 saturated carbocycles. The largest absolute Gasteiger partial charge is 0.468 e. The molecule has 51 heavy (non-hydrogen) atoms. The second kappa shape index (κ2) is 13.8. The number of amides is 1. The number of aliphatic hydroxyl groups is 2. The van der Waals surface area contributed by atoms with Crippen LogP contribution in [-0.2, 0) is 29.1 Å². The van der Waals surface area contributed by atoms with Gasteiger partial charge in [-0.25, -0.2) is 28.1 Å². The number of hydrogen-bond acceptors (Lipinski definition) is 17. The third kappa shape index (κ3) is 6.97. The summed E-state index contributed by atoms with van der Waals surface area (Å²) in [5.41, 5.74) is 11.0. The van der Waals surface area contributed by atoms with Crippen LogP contribution < -0.4 is 32.4 Å². The highest BCUT2D eigenvalue weighted by Crippen LogP contribution is 2.33. The minimum absolute atomic E-state index is 0.0300. The Balaban J connectivity index is 1.06. The van der Waals surface area contributed by atoms with Gasteiger partial charge >= 0.3 is 5.97 Å². The molecular formula is C29H40N12O9S. The maximum absolute atomic E-state index is 13.5. The fourth-order valence-corrected chi connectivity index (χ4v) is 7.99. The fraction of sp³-hybridized carbons (Fsp3) is 0.552. The molecule has 276 valence electrons. The molecule has 3 aromatic heterocycles. The van der Waals surface area contributed by atoms with E-state index in [1.807, 2.05) is 0 Å². The van der Waals surface area contributed by atoms with Gasteiger partial charge in [0, 0.05) is 32.4 Å². The summed E-state index contributed by atoms with van der Waals surface area (Å²) in [5.74, 6) is -1.16. The third-order valence-corrected chi connectivity index (χ3v) is 11.1. The maximum atomic E-state index is 13.5. The smallest absolute Gasteiger partial charge is 0.323 e. The Morgan fingerprint density at radius 1 is 1.22 bits per heavy atom. The molecular weight excluding hydrogens is 692 g/mol. The number of esters is 1. The van der Waals surface area contributed by atoms with Crippen molar-refractivity contribution in [2.45, 2.75) is 68.1 Å². The van der Waals surface area contributed by atoms with Crippen molar-refractivity contribution in [3.63, 3.8) is 0 Å². The highest BCUT2D eigenvalue weighted by atomic mass is 32.2. The van der Waals surface area contributed by atoms with Crippen LogP contribution in [0.15, 0.2) is 28.4 Å². The minimum atomic E-state index is -4.05. The second-order valence-corrected chi connectivity index (χ2v) is 15.0. The number of nitrogen functional groups attached to an aromatic ring is 2. The standard InChI is InChI=1S/C29H40N12O9S/c1-29(2)21(36-18-22(39-29)37-28(31)38-24(18)44)25(45)33-7-9-40-8-5-13(10-15(40)27(46)49-3)51(47,48)35-11-16-19(42)20(43)26(50-16)41-12-34-17-14(30)4-6-32-23(17)41/h4,6,12-13,15-16,19-20,26,35,42-43H,5,7-11H2,1-3H3,(H2,30,32)(H,33,45)(H4,31,37,38,39,44)/t13?,15?,16-,19?,20+,26-/m1/s1. The molecule has 6 atom stereocenters. The average molecular weight is 733 g/mol. The van der Waals surface area contributed by atoms with Gasteiger partial charge in [0.2, 0.25) is 16.0 Å². The van der Waals surface area contributed by atoms with E-state index in [0.717, 1.165) is 0 Å². The first-order valence-electron chi connectivity index (χ1n) is 16.1. The summed E-state index contributed by atoms with van der Waals surface area (Å²) in [6, 6.07) is 0.626. The summed E-state index contributed by atoms with van der Waals surface area (Å²) in [6.45, 7) is 3.44. The number of likely N-dealkylation sites (tertiary alicyclic amines) is 1. The molecule has 21 nitrogen and oxygen atoms in total. The van der Waals surface area contributed by atoms with Crippen molar-refractivity contribution >= 4 is 61.9 Å². The monoisotopic (exact) mass is 732 g/mol. The Kier molecular flexibility index (Phi) is 9.73. The van der Waals surface area contributed by atoms with Crippen molar-refractivity contribution < 1.29 is 37.7 Å². The van der Waals surface area contributed by atoms with Crippen molar-refractivity contribution in [3.05, 3.63) is 28.9 Å². The first kappa shape index (κ1) is 36.1. The predicted molar refractivity (Wildman–Crippen MR) is 182 cm³/mol. The number of rotatable bonds is 10. The fourth-order valence-electron chi connectivity index (χ4n) is 6.51. The van der Waals surface area contributed by atoms with Crippen LogP contribution in [0.4, 0.5) is 23.1 Å². The van der Waals surface area contributed by atoms with Gasteiger partial charge in [-0.3, -0.25) is 28.8 Å². The second-order valence-electron chi connectivity index (χ2n) is 13.0. The molecule has 3 aliphatic heterocycles. The lowest BCUT2D eigenvalue weighted by atomic mass is 9.95. The lowest BCUT2D eigenvalue weighted by Crippen LogP contribution is -2.55. The number of nitrogens with one attached hydrogen (secondary N) is 4. The number of fused-ring (bicyclic) bond motifs is 2. The number of anilines is 3. The first-order valence-corrected chi connectivity index (χ1v) is 17.6. The number of nitrogens with two attached hydrogens (primary N) is 2. The van der Waals surface area contributed by atoms with E-state index in [2.05, 4.69) is 40.3 Å². The van der Waals surface area contributed by atoms with Gasteiger partial charge in [-0.15, -0.1) is 0 Å². The summed E-state index contributed by atoms with van der Waals surface area (Å²) < 4.78 is 41.6. The molecule has 22 heteroatoms. The number of piperidine rings is 1. The third-order valence-electron chi connectivity index (χ3n) is 9.23. The Morgan fingerprint density at radius 2 is 1.98 bits per heavy atom. The first-order chi connectivity index (χ1) is 24.1. The zero-order valence-electron chi connectivity index (χ0n) is 27.9. The molecule has 2 fully saturated rings. The van der Waals surface area contributed by atoms with Gasteiger partial charge in [-0.2, -0.15) is 4.98 Å². The number of aromatic nitrogens is 5. The molecule has 0 bridgehead atoms. The SMILES string of the molecule is COC(=O)C1CC(S(=O)(=O)NC[C@H]2O[C@@H](n3cnc4c(N)ccnc43)[C@@H](O)C2O)CCN1CCNC(=O)C1=Nc2c(nc(N)[nH]c2=O)NC1(C)C. The molecule has 2 saturated heterocycles. The number of H-pyrrole nitrogens is 1. The molecule has 3 unspecified atom stereocenters. The van der Waals surface area contributed by atoms with Gasteiger partial charge in [-0.05, 0) is 32.8 Å². The number of carbonyl (C=O) groups is 2. The van der Waals surface area contributed by atoms with Crippen LogP contribution in [0.25, 0.3) is 11.2 Å². The van der Waals surface area contributed by atoms with Crippen LogP contribution in [0.2, 0.25) is 0 Å². The van der Waals surface area contributed by atoms with E-state index in [1.54, 1.807) is 24.8 Å². The van der Waals surface area contributed by atoms with Crippen LogP contribution >= 0.6 is 0 Å². The Bertz CT molecular complexity index is 2030. The van der Waals surface area contributed by atoms with Crippen molar-refractivity contribution in [2.75, 3.05) is 50.1 Å². The Morgan fingerprint density at radius 3 is 2.73 bits per heavy atom. The number of aromatic amines is 1. The topological polar surface area (TPSA) is 307 Å². The summed E-state index contributed by atoms with van der Waals surface area (Å²) in [6.07, 6.45) is -2.22. The van der Waals surface area contributed by atoms with Crippen LogP contribution in [0, 0.1) is 0 Å². The van der Waals surface area contributed by atoms with Gasteiger partial charge < -0.3 is 41.8 Å². The van der Waals surface area contributed by atoms with E-state index in [0.29, 0.717) is 16.9 Å². The number of carbonyl (C=O) groups excluding carboxylic acids is 2. The van der Waals surface area contributed by atoms with Gasteiger partial charge in [0.1, 0.15) is 35.6 Å². The van der Waals surface area contributed by atoms with Crippen LogP contribution in [0.3, 0.4) is 0 Å². The number of ether oxygens (including phenoxy) is 2. The zero-order valence-corrected chi connectivity index (χ0v) is 28.8. The van der Waals surface area contributed by atoms with Gasteiger partial charge in [-0.1, -0.05) is 0 Å². The van der Waals surface area contributed by atoms with Crippen LogP contribution in [0.5, 0.6) is 0 Å². The lowest BCUT2D eigenvalue weighted by molar-refractivity contribution is -0.148. The number of methoxy groups -OCH3 is 1. The summed E-state index contributed by atoms with van der Waals surface area (Å²) in [7, 11) is -2.85. The number of sulfonamides is 1. The summed E-state index contributed by atoms with van der Waals surface area (Å²) in [5, 5.41) is 26.2. The molecule has 1 amide bonds. The molecule has 0 radical (unpaired) electrons. The molecule has 10 N–H and O–H groups in total. The van der Waals surface area contributed by atoms with Gasteiger partial charge in [0.05, 0.1) is 29.9 Å². The average Bonchev–Trinajstić information content (AvgIpc) is 3.63. The molecule has 3 aliphatic rings. The summed E-state index contributed by atoms with van der Waals surface area (Å²) >= 11 is 0. The van der Waals surface area contributed by atoms with Crippen molar-refractivity contribution in [3.8, 4) is 0 Å². The Labute approximate surface area is 290 Å². The van der Waals surface area contributed by atoms with E-state index in [4.69, 9.17) is 20.9 Å². The minimum Gasteiger partial charge on any atom is -0.468 e. The lowest BCUT2D eigenvalue weighted by Gasteiger charge is -2.37. The molecule has 6 heterocycles. The van der Waals surface area contributed by atoms with Crippen LogP contribution in [0.1, 0.15) is 32.9 Å². The number of hydrogen-bond donors (Lipinski definition) is 8. The predicted octanol–water partition coefficient (Wildman–Crippen LogP) is -2.68. The zero-order chi connectivity index (χ0) is 36.8. The van der Waals surface area contributed by atoms with E-state index in [9.17, 15) is 33.0 Å². The molecule has 6 rings (SSSR count).